The first-order valence-electron chi connectivity index (χ1n) is 8.09. The van der Waals surface area contributed by atoms with Crippen molar-refractivity contribution < 1.29 is 33.3 Å². The topological polar surface area (TPSA) is 88.1 Å². The molecule has 0 fully saturated rings. The van der Waals surface area contributed by atoms with Crippen molar-refractivity contribution in [3.63, 3.8) is 0 Å². The van der Waals surface area contributed by atoms with E-state index in [1.807, 2.05) is 20.8 Å². The van der Waals surface area contributed by atoms with Gasteiger partial charge in [-0.3, -0.25) is 14.4 Å². The molecule has 1 aliphatic rings. The minimum absolute atomic E-state index is 0.00717. The van der Waals surface area contributed by atoms with Gasteiger partial charge in [0.15, 0.2) is 11.2 Å². The molecule has 0 unspecified atom stereocenters. The highest BCUT2D eigenvalue weighted by atomic mass is 16.7. The summed E-state index contributed by atoms with van der Waals surface area (Å²) in [5.74, 6) is -1.64. The van der Waals surface area contributed by atoms with E-state index in [0.717, 1.165) is 5.57 Å². The van der Waals surface area contributed by atoms with Gasteiger partial charge in [-0.2, -0.15) is 0 Å². The van der Waals surface area contributed by atoms with E-state index < -0.39 is 17.4 Å². The normalized spacial score (nSPS) is 16.7. The van der Waals surface area contributed by atoms with E-state index in [1.54, 1.807) is 0 Å². The molecule has 0 aromatic heterocycles. The van der Waals surface area contributed by atoms with Crippen LogP contribution in [0.2, 0.25) is 0 Å². The quantitative estimate of drug-likeness (QED) is 0.284. The summed E-state index contributed by atoms with van der Waals surface area (Å²) in [5.41, 5.74) is -0.400. The van der Waals surface area contributed by atoms with E-state index >= 15 is 0 Å². The molecule has 1 aliphatic carbocycles. The third-order valence-electron chi connectivity index (χ3n) is 4.09. The molecule has 0 aliphatic heterocycles. The first kappa shape index (κ1) is 21.3. The Morgan fingerprint density at radius 1 is 1.00 bits per heavy atom. The van der Waals surface area contributed by atoms with Crippen LogP contribution in [-0.4, -0.2) is 52.5 Å². The average Bonchev–Trinajstić information content (AvgIpc) is 2.92. The lowest BCUT2D eigenvalue weighted by Crippen LogP contribution is -2.40. The van der Waals surface area contributed by atoms with Gasteiger partial charge >= 0.3 is 11.9 Å². The van der Waals surface area contributed by atoms with Crippen LogP contribution in [0, 0.1) is 10.8 Å². The van der Waals surface area contributed by atoms with Crippen molar-refractivity contribution in [1.82, 2.24) is 0 Å². The summed E-state index contributed by atoms with van der Waals surface area (Å²) in [7, 11) is 3.90. The molecule has 142 valence electrons. The zero-order chi connectivity index (χ0) is 19.3. The SMILES string of the molecule is COCOCC(=O)C1=C(CC(C)(C)C)CC(C(=O)OC)(C(=O)OC)C1. The number of ketones is 1. The number of hydrogen-bond donors (Lipinski definition) is 0. The molecule has 0 bridgehead atoms. The molecule has 1 rings (SSSR count). The zero-order valence-electron chi connectivity index (χ0n) is 15.9. The highest BCUT2D eigenvalue weighted by molar-refractivity contribution is 6.06. The number of carbonyl (C=O) groups is 3. The van der Waals surface area contributed by atoms with Gasteiger partial charge in [-0.25, -0.2) is 0 Å². The Labute approximate surface area is 148 Å². The second kappa shape index (κ2) is 8.58. The molecule has 0 saturated carbocycles. The Morgan fingerprint density at radius 2 is 1.56 bits per heavy atom. The lowest BCUT2D eigenvalue weighted by molar-refractivity contribution is -0.168. The third kappa shape index (κ3) is 5.12. The number of methoxy groups -OCH3 is 3. The first-order valence-corrected chi connectivity index (χ1v) is 8.09. The van der Waals surface area contributed by atoms with Crippen LogP contribution in [0.3, 0.4) is 0 Å². The molecule has 0 amide bonds. The summed E-state index contributed by atoms with van der Waals surface area (Å²) in [6, 6.07) is 0. The maximum absolute atomic E-state index is 12.6. The summed E-state index contributed by atoms with van der Waals surface area (Å²) in [6.45, 7) is 5.90. The van der Waals surface area contributed by atoms with Gasteiger partial charge in [0.1, 0.15) is 13.4 Å². The van der Waals surface area contributed by atoms with Gasteiger partial charge in [0.25, 0.3) is 0 Å². The number of rotatable bonds is 8. The summed E-state index contributed by atoms with van der Waals surface area (Å²) < 4.78 is 19.6. The molecule has 0 N–H and O–H groups in total. The lowest BCUT2D eigenvalue weighted by atomic mass is 9.81. The monoisotopic (exact) mass is 356 g/mol. The van der Waals surface area contributed by atoms with Crippen LogP contribution in [0.4, 0.5) is 0 Å². The second-order valence-corrected chi connectivity index (χ2v) is 7.42. The summed E-state index contributed by atoms with van der Waals surface area (Å²) in [4.78, 5) is 37.3. The summed E-state index contributed by atoms with van der Waals surface area (Å²) >= 11 is 0. The molecule has 0 aromatic rings. The van der Waals surface area contributed by atoms with Crippen LogP contribution in [-0.2, 0) is 33.3 Å². The molecule has 0 aromatic carbocycles. The molecule has 0 saturated heterocycles. The van der Waals surface area contributed by atoms with Crippen LogP contribution in [0.25, 0.3) is 0 Å². The van der Waals surface area contributed by atoms with Crippen molar-refractivity contribution in [3.05, 3.63) is 11.1 Å². The van der Waals surface area contributed by atoms with Gasteiger partial charge < -0.3 is 18.9 Å². The Kier molecular flexibility index (Phi) is 7.31. The van der Waals surface area contributed by atoms with E-state index in [9.17, 15) is 14.4 Å². The lowest BCUT2D eigenvalue weighted by Gasteiger charge is -2.25. The number of carbonyl (C=O) groups excluding carboxylic acids is 3. The fraction of sp³-hybridized carbons (Fsp3) is 0.722. The standard InChI is InChI=1S/C18H28O7/c1-17(2,3)7-12-8-18(15(20)23-5,16(21)24-6)9-13(12)14(19)10-25-11-22-4/h7-11H2,1-6H3. The van der Waals surface area contributed by atoms with Crippen molar-refractivity contribution in [2.45, 2.75) is 40.0 Å². The average molecular weight is 356 g/mol. The van der Waals surface area contributed by atoms with Gasteiger partial charge in [0.2, 0.25) is 0 Å². The molecule has 0 heterocycles. The van der Waals surface area contributed by atoms with Crippen LogP contribution < -0.4 is 0 Å². The van der Waals surface area contributed by atoms with Crippen molar-refractivity contribution >= 4 is 17.7 Å². The Hall–Kier alpha value is -1.73. The predicted octanol–water partition coefficient (Wildman–Crippen LogP) is 2.04. The highest BCUT2D eigenvalue weighted by Crippen LogP contribution is 2.47. The minimum Gasteiger partial charge on any atom is -0.468 e. The molecular formula is C18H28O7. The molecule has 0 spiro atoms. The van der Waals surface area contributed by atoms with Gasteiger partial charge in [-0.1, -0.05) is 26.3 Å². The van der Waals surface area contributed by atoms with Crippen LogP contribution in [0.15, 0.2) is 11.1 Å². The largest absolute Gasteiger partial charge is 0.468 e. The van der Waals surface area contributed by atoms with E-state index in [-0.39, 0.29) is 37.4 Å². The van der Waals surface area contributed by atoms with E-state index in [1.165, 1.54) is 21.3 Å². The maximum atomic E-state index is 12.6. The minimum atomic E-state index is -1.50. The second-order valence-electron chi connectivity index (χ2n) is 7.42. The highest BCUT2D eigenvalue weighted by Gasteiger charge is 2.54. The molecule has 7 nitrogen and oxygen atoms in total. The fourth-order valence-electron chi connectivity index (χ4n) is 3.13. The number of hydrogen-bond acceptors (Lipinski definition) is 7. The Bertz CT molecular complexity index is 538. The third-order valence-corrected chi connectivity index (χ3v) is 4.09. The number of ether oxygens (including phenoxy) is 4. The van der Waals surface area contributed by atoms with Crippen LogP contribution in [0.5, 0.6) is 0 Å². The summed E-state index contributed by atoms with van der Waals surface area (Å²) in [5, 5.41) is 0. The molecule has 0 atom stereocenters. The molecule has 0 radical (unpaired) electrons. The number of esters is 2. The molecular weight excluding hydrogens is 328 g/mol. The van der Waals surface area contributed by atoms with E-state index in [2.05, 4.69) is 0 Å². The maximum Gasteiger partial charge on any atom is 0.323 e. The van der Waals surface area contributed by atoms with Gasteiger partial charge in [0.05, 0.1) is 14.2 Å². The van der Waals surface area contributed by atoms with Gasteiger partial charge in [-0.05, 0) is 23.8 Å². The Morgan fingerprint density at radius 3 is 2.00 bits per heavy atom. The van der Waals surface area contributed by atoms with E-state index in [0.29, 0.717) is 12.0 Å². The smallest absolute Gasteiger partial charge is 0.323 e. The first-order chi connectivity index (χ1) is 11.6. The van der Waals surface area contributed by atoms with Gasteiger partial charge in [-0.15, -0.1) is 0 Å². The van der Waals surface area contributed by atoms with Crippen molar-refractivity contribution in [3.8, 4) is 0 Å². The fourth-order valence-corrected chi connectivity index (χ4v) is 3.13. The number of allylic oxidation sites excluding steroid dienone is 1. The Balaban J connectivity index is 3.19. The van der Waals surface area contributed by atoms with E-state index in [4.69, 9.17) is 18.9 Å². The summed E-state index contributed by atoms with van der Waals surface area (Å²) in [6.07, 6.45) is 0.663. The van der Waals surface area contributed by atoms with Crippen LogP contribution in [0.1, 0.15) is 40.0 Å². The molecule has 25 heavy (non-hydrogen) atoms. The number of Topliss-reactive ketones (excluding diaryl/α,β-unsaturated/α-hetero) is 1. The van der Waals surface area contributed by atoms with Gasteiger partial charge in [0, 0.05) is 13.5 Å². The van der Waals surface area contributed by atoms with Crippen molar-refractivity contribution in [1.29, 1.82) is 0 Å². The molecule has 7 heteroatoms. The van der Waals surface area contributed by atoms with Crippen LogP contribution >= 0.6 is 0 Å². The van der Waals surface area contributed by atoms with Crippen molar-refractivity contribution in [2.24, 2.45) is 10.8 Å². The zero-order valence-corrected chi connectivity index (χ0v) is 15.9. The van der Waals surface area contributed by atoms with Crippen molar-refractivity contribution in [2.75, 3.05) is 34.7 Å². The predicted molar refractivity (Wildman–Crippen MR) is 89.6 cm³/mol.